The summed E-state index contributed by atoms with van der Waals surface area (Å²) in [5.41, 5.74) is 2.24. The van der Waals surface area contributed by atoms with Gasteiger partial charge in [-0.1, -0.05) is 60.7 Å². The second-order valence-electron chi connectivity index (χ2n) is 8.07. The summed E-state index contributed by atoms with van der Waals surface area (Å²) in [4.78, 5) is 28.8. The van der Waals surface area contributed by atoms with Crippen LogP contribution in [0.2, 0.25) is 0 Å². The van der Waals surface area contributed by atoms with E-state index in [1.54, 1.807) is 0 Å². The number of hydrogen-bond acceptors (Lipinski definition) is 3. The van der Waals surface area contributed by atoms with E-state index in [1.807, 2.05) is 67.5 Å². The third-order valence-corrected chi connectivity index (χ3v) is 5.62. The van der Waals surface area contributed by atoms with Gasteiger partial charge in [0, 0.05) is 32.1 Å². The number of carbonyl (C=O) groups is 2. The van der Waals surface area contributed by atoms with Crippen LogP contribution in [-0.2, 0) is 11.2 Å². The molecule has 1 heterocycles. The molecule has 3 rings (SSSR count). The minimum absolute atomic E-state index is 0.161. The number of rotatable bonds is 9. The van der Waals surface area contributed by atoms with E-state index in [2.05, 4.69) is 27.7 Å². The van der Waals surface area contributed by atoms with Crippen molar-refractivity contribution >= 4 is 11.9 Å². The van der Waals surface area contributed by atoms with Gasteiger partial charge in [-0.2, -0.15) is 0 Å². The van der Waals surface area contributed by atoms with Crippen molar-refractivity contribution in [3.8, 4) is 0 Å². The van der Waals surface area contributed by atoms with Gasteiger partial charge in [0.25, 0.3) is 0 Å². The van der Waals surface area contributed by atoms with Gasteiger partial charge in [-0.3, -0.25) is 4.79 Å². The first kappa shape index (κ1) is 21.8. The number of hydrogen-bond donors (Lipinski definition) is 2. The topological polar surface area (TPSA) is 64.7 Å². The predicted molar refractivity (Wildman–Crippen MR) is 119 cm³/mol. The molecule has 0 radical (unpaired) electrons. The van der Waals surface area contributed by atoms with Crippen molar-refractivity contribution < 1.29 is 9.59 Å². The van der Waals surface area contributed by atoms with E-state index in [9.17, 15) is 9.59 Å². The first-order chi connectivity index (χ1) is 14.5. The molecule has 6 heteroatoms. The van der Waals surface area contributed by atoms with E-state index in [4.69, 9.17) is 0 Å². The summed E-state index contributed by atoms with van der Waals surface area (Å²) in [5, 5.41) is 6.10. The molecule has 30 heavy (non-hydrogen) atoms. The van der Waals surface area contributed by atoms with E-state index in [-0.39, 0.29) is 24.0 Å². The Hall–Kier alpha value is -2.86. The number of likely N-dealkylation sites (tertiary alicyclic amines) is 1. The fourth-order valence-corrected chi connectivity index (χ4v) is 3.78. The average Bonchev–Trinajstić information content (AvgIpc) is 3.16. The molecule has 0 aromatic heterocycles. The van der Waals surface area contributed by atoms with Crippen LogP contribution in [0, 0.1) is 0 Å². The molecule has 2 unspecified atom stereocenters. The predicted octanol–water partition coefficient (Wildman–Crippen LogP) is 2.82. The number of benzene rings is 2. The van der Waals surface area contributed by atoms with Gasteiger partial charge in [0.15, 0.2) is 0 Å². The van der Waals surface area contributed by atoms with Crippen LogP contribution < -0.4 is 10.6 Å². The van der Waals surface area contributed by atoms with Crippen LogP contribution in [0.5, 0.6) is 0 Å². The Morgan fingerprint density at radius 2 is 1.73 bits per heavy atom. The molecule has 1 fully saturated rings. The maximum Gasteiger partial charge on any atom is 0.315 e. The molecule has 2 atom stereocenters. The molecule has 0 bridgehead atoms. The number of likely N-dealkylation sites (N-methyl/N-ethyl adjacent to an activating group) is 1. The molecule has 2 N–H and O–H groups in total. The zero-order valence-corrected chi connectivity index (χ0v) is 17.9. The van der Waals surface area contributed by atoms with E-state index >= 15 is 0 Å². The van der Waals surface area contributed by atoms with Crippen LogP contribution >= 0.6 is 0 Å². The largest absolute Gasteiger partial charge is 0.340 e. The lowest BCUT2D eigenvalue weighted by atomic mass is 10.1. The van der Waals surface area contributed by atoms with Crippen molar-refractivity contribution in [2.45, 2.75) is 31.3 Å². The normalized spacial score (nSPS) is 15.8. The number of urea groups is 1. The second-order valence-corrected chi connectivity index (χ2v) is 8.07. The van der Waals surface area contributed by atoms with Gasteiger partial charge in [-0.15, -0.1) is 0 Å². The van der Waals surface area contributed by atoms with Crippen molar-refractivity contribution in [2.75, 3.05) is 33.7 Å². The van der Waals surface area contributed by atoms with Crippen LogP contribution in [0.3, 0.4) is 0 Å². The highest BCUT2D eigenvalue weighted by atomic mass is 16.2. The van der Waals surface area contributed by atoms with Crippen LogP contribution in [-0.4, -0.2) is 61.5 Å². The zero-order valence-electron chi connectivity index (χ0n) is 17.9. The Bertz CT molecular complexity index is 810. The van der Waals surface area contributed by atoms with Crippen molar-refractivity contribution in [3.05, 3.63) is 71.8 Å². The standard InChI is InChI=1S/C24H32N4O2/c1-27(2)21(16-19-10-5-3-6-11-19)17-25-24(30)26-22(20-12-7-4-8-13-20)18-28-15-9-14-23(28)29/h3-8,10-13,21-22H,9,14-18H2,1-2H3,(H2,25,26,30). The van der Waals surface area contributed by atoms with Gasteiger partial charge in [0.05, 0.1) is 6.04 Å². The molecule has 0 aliphatic carbocycles. The summed E-state index contributed by atoms with van der Waals surface area (Å²) in [6.45, 7) is 1.79. The van der Waals surface area contributed by atoms with E-state index in [0.29, 0.717) is 19.5 Å². The minimum Gasteiger partial charge on any atom is -0.340 e. The smallest absolute Gasteiger partial charge is 0.315 e. The maximum absolute atomic E-state index is 12.7. The van der Waals surface area contributed by atoms with E-state index < -0.39 is 0 Å². The highest BCUT2D eigenvalue weighted by Gasteiger charge is 2.25. The summed E-state index contributed by atoms with van der Waals surface area (Å²) in [6.07, 6.45) is 2.34. The third-order valence-electron chi connectivity index (χ3n) is 5.62. The summed E-state index contributed by atoms with van der Waals surface area (Å²) in [7, 11) is 4.05. The van der Waals surface area contributed by atoms with Crippen molar-refractivity contribution in [1.82, 2.24) is 20.4 Å². The minimum atomic E-state index is -0.236. The van der Waals surface area contributed by atoms with Gasteiger partial charge in [-0.25, -0.2) is 4.79 Å². The quantitative estimate of drug-likeness (QED) is 0.671. The molecule has 0 saturated carbocycles. The molecule has 1 aliphatic heterocycles. The Kier molecular flexibility index (Phi) is 7.85. The summed E-state index contributed by atoms with van der Waals surface area (Å²) in [6, 6.07) is 19.9. The SMILES string of the molecule is CN(C)C(CNC(=O)NC(CN1CCCC1=O)c1ccccc1)Cc1ccccc1. The number of amides is 3. The third kappa shape index (κ3) is 6.32. The van der Waals surface area contributed by atoms with E-state index in [1.165, 1.54) is 5.56 Å². The molecular formula is C24H32N4O2. The molecule has 2 aromatic rings. The van der Waals surface area contributed by atoms with Crippen LogP contribution in [0.1, 0.15) is 30.0 Å². The fraction of sp³-hybridized carbons (Fsp3) is 0.417. The second kappa shape index (κ2) is 10.8. The average molecular weight is 409 g/mol. The molecular weight excluding hydrogens is 376 g/mol. The van der Waals surface area contributed by atoms with Crippen LogP contribution in [0.15, 0.2) is 60.7 Å². The van der Waals surface area contributed by atoms with Crippen molar-refractivity contribution in [2.24, 2.45) is 0 Å². The lowest BCUT2D eigenvalue weighted by molar-refractivity contribution is -0.128. The Labute approximate surface area is 179 Å². The molecule has 1 aliphatic rings. The number of nitrogens with one attached hydrogen (secondary N) is 2. The lowest BCUT2D eigenvalue weighted by Crippen LogP contribution is -2.47. The van der Waals surface area contributed by atoms with Crippen LogP contribution in [0.4, 0.5) is 4.79 Å². The van der Waals surface area contributed by atoms with Gasteiger partial charge < -0.3 is 20.4 Å². The van der Waals surface area contributed by atoms with Crippen LogP contribution in [0.25, 0.3) is 0 Å². The maximum atomic E-state index is 12.7. The highest BCUT2D eigenvalue weighted by Crippen LogP contribution is 2.18. The Morgan fingerprint density at radius 3 is 2.33 bits per heavy atom. The fourth-order valence-electron chi connectivity index (χ4n) is 3.78. The zero-order chi connectivity index (χ0) is 21.3. The first-order valence-electron chi connectivity index (χ1n) is 10.6. The molecule has 6 nitrogen and oxygen atoms in total. The van der Waals surface area contributed by atoms with Gasteiger partial charge in [-0.05, 0) is 38.1 Å². The van der Waals surface area contributed by atoms with Crippen molar-refractivity contribution in [3.63, 3.8) is 0 Å². The molecule has 2 aromatic carbocycles. The Balaban J connectivity index is 1.59. The van der Waals surface area contributed by atoms with Crippen molar-refractivity contribution in [1.29, 1.82) is 0 Å². The van der Waals surface area contributed by atoms with E-state index in [0.717, 1.165) is 24.9 Å². The monoisotopic (exact) mass is 408 g/mol. The number of carbonyl (C=O) groups excluding carboxylic acids is 2. The summed E-state index contributed by atoms with van der Waals surface area (Å²) >= 11 is 0. The van der Waals surface area contributed by atoms with Gasteiger partial charge >= 0.3 is 6.03 Å². The van der Waals surface area contributed by atoms with Gasteiger partial charge in [0.1, 0.15) is 0 Å². The number of nitrogens with zero attached hydrogens (tertiary/aromatic N) is 2. The molecule has 3 amide bonds. The summed E-state index contributed by atoms with van der Waals surface area (Å²) in [5.74, 6) is 0.161. The highest BCUT2D eigenvalue weighted by molar-refractivity contribution is 5.78. The first-order valence-corrected chi connectivity index (χ1v) is 10.6. The lowest BCUT2D eigenvalue weighted by Gasteiger charge is -2.27. The Morgan fingerprint density at radius 1 is 1.07 bits per heavy atom. The molecule has 160 valence electrons. The summed E-state index contributed by atoms with van der Waals surface area (Å²) < 4.78 is 0. The van der Waals surface area contributed by atoms with Gasteiger partial charge in [0.2, 0.25) is 5.91 Å². The molecule has 0 spiro atoms. The molecule has 1 saturated heterocycles.